The van der Waals surface area contributed by atoms with Crippen molar-refractivity contribution in [1.29, 1.82) is 0 Å². The molecule has 0 fully saturated rings. The average molecular weight is 807 g/mol. The number of rotatable bonds is 14. The molecule has 0 saturated carbocycles. The van der Waals surface area contributed by atoms with Crippen LogP contribution in [0.5, 0.6) is 11.5 Å². The molecule has 310 valence electrons. The highest BCUT2D eigenvalue weighted by Crippen LogP contribution is 2.50. The number of hydrogen-bond donors (Lipinski definition) is 0. The van der Waals surface area contributed by atoms with E-state index in [1.54, 1.807) is 14.2 Å². The summed E-state index contributed by atoms with van der Waals surface area (Å²) < 4.78 is 24.5. The molecule has 0 spiro atoms. The number of benzene rings is 4. The second kappa shape index (κ2) is 17.5. The van der Waals surface area contributed by atoms with Gasteiger partial charge in [-0.05, 0) is 104 Å². The molecule has 0 bridgehead atoms. The SMILES string of the molecule is COc1ccc2c(c1)C(C)(C)C(=CC=C1CCC(C=CC3=[N+](CCOC(C)=O)c4ccc(OC)cc4C3(C)C)=C1N(c1ccccc1)c1ccccc1)N2CCOC(C)=O. The van der Waals surface area contributed by atoms with Crippen molar-refractivity contribution in [1.82, 2.24) is 0 Å². The third-order valence-corrected chi connectivity index (χ3v) is 11.8. The Kier molecular flexibility index (Phi) is 12.2. The number of allylic oxidation sites excluding steroid dienone is 7. The standard InChI is InChI=1S/C51H56N3O6/c1-35(55)59-31-29-52-45-25-23-41(57-7)33-43(45)50(3,4)47(52)27-21-37-19-20-38(49(37)54(39-15-11-9-12-16-39)40-17-13-10-14-18-40)22-28-48-51(5,6)44-34-42(58-8)24-26-46(44)53(48)30-32-60-36(2)56/h9-18,21-28,33-34H,19-20,29-32H2,1-8H3/q+1. The van der Waals surface area contributed by atoms with E-state index in [0.717, 1.165) is 75.3 Å². The lowest BCUT2D eigenvalue weighted by atomic mass is 9.81. The number of hydrogen-bond acceptors (Lipinski definition) is 8. The molecule has 4 aromatic carbocycles. The lowest BCUT2D eigenvalue weighted by molar-refractivity contribution is -0.440. The van der Waals surface area contributed by atoms with Gasteiger partial charge in [0.25, 0.3) is 0 Å². The van der Waals surface area contributed by atoms with Crippen molar-refractivity contribution >= 4 is 40.4 Å². The van der Waals surface area contributed by atoms with Gasteiger partial charge >= 0.3 is 11.9 Å². The van der Waals surface area contributed by atoms with Gasteiger partial charge in [-0.3, -0.25) is 9.59 Å². The van der Waals surface area contributed by atoms with E-state index in [4.69, 9.17) is 18.9 Å². The van der Waals surface area contributed by atoms with Crippen LogP contribution >= 0.6 is 0 Å². The molecule has 60 heavy (non-hydrogen) atoms. The van der Waals surface area contributed by atoms with Gasteiger partial charge in [-0.2, -0.15) is 4.58 Å². The van der Waals surface area contributed by atoms with Crippen LogP contribution in [-0.2, 0) is 29.9 Å². The van der Waals surface area contributed by atoms with Gasteiger partial charge in [-0.25, -0.2) is 0 Å². The van der Waals surface area contributed by atoms with Crippen LogP contribution in [0.1, 0.15) is 65.5 Å². The molecule has 2 heterocycles. The summed E-state index contributed by atoms with van der Waals surface area (Å²) in [6.45, 7) is 13.4. The van der Waals surface area contributed by atoms with Crippen LogP contribution in [0.25, 0.3) is 0 Å². The first kappa shape index (κ1) is 41.8. The van der Waals surface area contributed by atoms with Gasteiger partial charge < -0.3 is 28.7 Å². The average Bonchev–Trinajstić information content (AvgIpc) is 3.80. The summed E-state index contributed by atoms with van der Waals surface area (Å²) in [6.07, 6.45) is 10.7. The van der Waals surface area contributed by atoms with E-state index in [9.17, 15) is 9.59 Å². The van der Waals surface area contributed by atoms with Crippen molar-refractivity contribution in [2.45, 2.75) is 65.2 Å². The van der Waals surface area contributed by atoms with Crippen LogP contribution in [0.2, 0.25) is 0 Å². The minimum atomic E-state index is -0.362. The quantitative estimate of drug-likeness (QED) is 0.0921. The lowest BCUT2D eigenvalue weighted by Crippen LogP contribution is -2.29. The summed E-state index contributed by atoms with van der Waals surface area (Å²) in [5.74, 6) is 1.01. The Morgan fingerprint density at radius 3 is 1.93 bits per heavy atom. The normalized spacial score (nSPS) is 17.7. The Balaban J connectivity index is 1.39. The second-order valence-electron chi connectivity index (χ2n) is 16.3. The van der Waals surface area contributed by atoms with Crippen molar-refractivity contribution in [2.75, 3.05) is 50.3 Å². The number of ether oxygens (including phenoxy) is 4. The summed E-state index contributed by atoms with van der Waals surface area (Å²) >= 11 is 0. The zero-order valence-electron chi connectivity index (χ0n) is 36.1. The summed E-state index contributed by atoms with van der Waals surface area (Å²) in [5.41, 5.74) is 11.6. The minimum absolute atomic E-state index is 0.268. The number of fused-ring (bicyclic) bond motifs is 2. The first-order valence-corrected chi connectivity index (χ1v) is 20.6. The zero-order chi connectivity index (χ0) is 42.6. The molecule has 0 amide bonds. The van der Waals surface area contributed by atoms with Crippen LogP contribution in [0.4, 0.5) is 22.7 Å². The van der Waals surface area contributed by atoms with Gasteiger partial charge in [-0.15, -0.1) is 0 Å². The van der Waals surface area contributed by atoms with E-state index in [1.807, 2.05) is 24.3 Å². The molecule has 9 heteroatoms. The molecule has 0 unspecified atom stereocenters. The maximum Gasteiger partial charge on any atom is 0.302 e. The van der Waals surface area contributed by atoms with E-state index < -0.39 is 0 Å². The Hall–Kier alpha value is -6.35. The second-order valence-corrected chi connectivity index (χ2v) is 16.3. The molecule has 3 aliphatic rings. The third-order valence-electron chi connectivity index (χ3n) is 11.8. The lowest BCUT2D eigenvalue weighted by Gasteiger charge is -2.29. The Morgan fingerprint density at radius 2 is 1.32 bits per heavy atom. The molecule has 0 N–H and O–H groups in total. The van der Waals surface area contributed by atoms with Gasteiger partial charge in [0.2, 0.25) is 5.69 Å². The van der Waals surface area contributed by atoms with Gasteiger partial charge in [0, 0.05) is 59.7 Å². The Labute approximate surface area is 354 Å². The number of methoxy groups -OCH3 is 2. The van der Waals surface area contributed by atoms with Gasteiger partial charge in [-0.1, -0.05) is 62.4 Å². The number of esters is 2. The Morgan fingerprint density at radius 1 is 0.717 bits per heavy atom. The van der Waals surface area contributed by atoms with Crippen molar-refractivity contribution in [3.05, 3.63) is 155 Å². The molecule has 1 aliphatic carbocycles. The van der Waals surface area contributed by atoms with Crippen molar-refractivity contribution in [3.63, 3.8) is 0 Å². The minimum Gasteiger partial charge on any atom is -0.497 e. The zero-order valence-corrected chi connectivity index (χ0v) is 36.1. The fourth-order valence-electron chi connectivity index (χ4n) is 8.85. The molecule has 0 saturated heterocycles. The van der Waals surface area contributed by atoms with Crippen LogP contribution in [0, 0.1) is 0 Å². The van der Waals surface area contributed by atoms with Gasteiger partial charge in [0.1, 0.15) is 18.1 Å². The maximum absolute atomic E-state index is 11.8. The maximum atomic E-state index is 11.8. The summed E-state index contributed by atoms with van der Waals surface area (Å²) in [4.78, 5) is 28.3. The van der Waals surface area contributed by atoms with Crippen LogP contribution in [0.3, 0.4) is 0 Å². The molecular formula is C51H56N3O6+. The number of anilines is 3. The fourth-order valence-corrected chi connectivity index (χ4v) is 8.85. The fraction of sp³-hybridized carbons (Fsp3) is 0.314. The number of carbonyl (C=O) groups excluding carboxylic acids is 2. The van der Waals surface area contributed by atoms with E-state index in [2.05, 4.69) is 139 Å². The smallest absolute Gasteiger partial charge is 0.302 e. The van der Waals surface area contributed by atoms with E-state index in [-0.39, 0.29) is 36.0 Å². The molecule has 0 aromatic heterocycles. The van der Waals surface area contributed by atoms with Crippen LogP contribution < -0.4 is 19.3 Å². The highest BCUT2D eigenvalue weighted by Gasteiger charge is 2.45. The number of nitrogens with zero attached hydrogens (tertiary/aromatic N) is 3. The summed E-state index contributed by atoms with van der Waals surface area (Å²) in [6, 6.07) is 33.5. The predicted octanol–water partition coefficient (Wildman–Crippen LogP) is 10.3. The highest BCUT2D eigenvalue weighted by molar-refractivity contribution is 6.03. The van der Waals surface area contributed by atoms with E-state index in [1.165, 1.54) is 25.0 Å². The third kappa shape index (κ3) is 8.26. The predicted molar refractivity (Wildman–Crippen MR) is 239 cm³/mol. The topological polar surface area (TPSA) is 80.6 Å². The molecule has 7 rings (SSSR count). The monoisotopic (exact) mass is 806 g/mol. The van der Waals surface area contributed by atoms with Gasteiger partial charge in [0.05, 0.1) is 31.9 Å². The van der Waals surface area contributed by atoms with Crippen LogP contribution in [-0.4, -0.2) is 62.7 Å². The molecular weight excluding hydrogens is 751 g/mol. The number of carbonyl (C=O) groups is 2. The van der Waals surface area contributed by atoms with Gasteiger partial charge in [0.15, 0.2) is 18.9 Å². The van der Waals surface area contributed by atoms with Crippen molar-refractivity contribution in [2.24, 2.45) is 0 Å². The van der Waals surface area contributed by atoms with E-state index >= 15 is 0 Å². The molecule has 4 aromatic rings. The number of para-hydroxylation sites is 2. The molecule has 9 nitrogen and oxygen atoms in total. The van der Waals surface area contributed by atoms with Crippen molar-refractivity contribution < 1.29 is 33.1 Å². The molecule has 0 atom stereocenters. The largest absolute Gasteiger partial charge is 0.497 e. The molecule has 0 radical (unpaired) electrons. The van der Waals surface area contributed by atoms with E-state index in [0.29, 0.717) is 13.1 Å². The summed E-state index contributed by atoms with van der Waals surface area (Å²) in [5, 5.41) is 0. The first-order valence-electron chi connectivity index (χ1n) is 20.6. The molecule has 2 aliphatic heterocycles. The Bertz CT molecular complexity index is 2380. The van der Waals surface area contributed by atoms with Crippen molar-refractivity contribution in [3.8, 4) is 11.5 Å². The van der Waals surface area contributed by atoms with Crippen LogP contribution in [0.15, 0.2) is 144 Å². The summed E-state index contributed by atoms with van der Waals surface area (Å²) in [7, 11) is 3.38. The highest BCUT2D eigenvalue weighted by atomic mass is 16.5. The first-order chi connectivity index (χ1) is 28.8.